The highest BCUT2D eigenvalue weighted by Crippen LogP contribution is 2.23. The summed E-state index contributed by atoms with van der Waals surface area (Å²) in [7, 11) is 0. The van der Waals surface area contributed by atoms with E-state index in [0.29, 0.717) is 5.92 Å². The van der Waals surface area contributed by atoms with E-state index in [1.807, 2.05) is 6.07 Å². The number of aryl methyl sites for hydroxylation is 1. The van der Waals surface area contributed by atoms with Crippen molar-refractivity contribution in [2.45, 2.75) is 32.2 Å². The van der Waals surface area contributed by atoms with E-state index in [4.69, 9.17) is 5.73 Å². The number of nitrogens with two attached hydrogens (primary N) is 1. The highest BCUT2D eigenvalue weighted by Gasteiger charge is 2.13. The molecule has 2 atom stereocenters. The van der Waals surface area contributed by atoms with Crippen LogP contribution < -0.4 is 5.73 Å². The van der Waals surface area contributed by atoms with Gasteiger partial charge in [-0.2, -0.15) is 0 Å². The maximum Gasteiger partial charge on any atom is 0.0320 e. The monoisotopic (exact) mass is 253 g/mol. The van der Waals surface area contributed by atoms with E-state index < -0.39 is 0 Å². The van der Waals surface area contributed by atoms with Crippen LogP contribution in [0.2, 0.25) is 0 Å². The Morgan fingerprint density at radius 1 is 0.895 bits per heavy atom. The molecule has 0 heterocycles. The molecule has 0 saturated carbocycles. The summed E-state index contributed by atoms with van der Waals surface area (Å²) in [6.45, 7) is 2.25. The van der Waals surface area contributed by atoms with Gasteiger partial charge >= 0.3 is 0 Å². The van der Waals surface area contributed by atoms with Crippen molar-refractivity contribution in [3.63, 3.8) is 0 Å². The van der Waals surface area contributed by atoms with Gasteiger partial charge < -0.3 is 5.73 Å². The molecular formula is C18H23N. The first-order valence-electron chi connectivity index (χ1n) is 7.12. The van der Waals surface area contributed by atoms with Gasteiger partial charge in [0.1, 0.15) is 0 Å². The predicted molar refractivity (Wildman–Crippen MR) is 81.9 cm³/mol. The van der Waals surface area contributed by atoms with Crippen molar-refractivity contribution in [2.24, 2.45) is 11.7 Å². The summed E-state index contributed by atoms with van der Waals surface area (Å²) in [5.74, 6) is 0.520. The smallest absolute Gasteiger partial charge is 0.0320 e. The van der Waals surface area contributed by atoms with Crippen molar-refractivity contribution in [1.29, 1.82) is 0 Å². The molecule has 2 unspecified atom stereocenters. The third kappa shape index (κ3) is 4.22. The topological polar surface area (TPSA) is 26.0 Å². The second kappa shape index (κ2) is 7.10. The van der Waals surface area contributed by atoms with Gasteiger partial charge in [0.25, 0.3) is 0 Å². The second-order valence-corrected chi connectivity index (χ2v) is 5.29. The molecule has 2 rings (SSSR count). The average Bonchev–Trinajstić information content (AvgIpc) is 2.48. The first kappa shape index (κ1) is 13.8. The van der Waals surface area contributed by atoms with Crippen LogP contribution in [0.5, 0.6) is 0 Å². The van der Waals surface area contributed by atoms with Crippen molar-refractivity contribution < 1.29 is 0 Å². The van der Waals surface area contributed by atoms with Crippen molar-refractivity contribution >= 4 is 0 Å². The van der Waals surface area contributed by atoms with Crippen LogP contribution in [0, 0.1) is 5.92 Å². The van der Waals surface area contributed by atoms with Crippen LogP contribution in [0.25, 0.3) is 0 Å². The van der Waals surface area contributed by atoms with Gasteiger partial charge in [-0.25, -0.2) is 0 Å². The minimum absolute atomic E-state index is 0.150. The van der Waals surface area contributed by atoms with Gasteiger partial charge in [0.05, 0.1) is 0 Å². The largest absolute Gasteiger partial charge is 0.324 e. The maximum absolute atomic E-state index is 6.32. The SMILES string of the molecule is CC(CCCc1ccccc1)C(N)c1ccccc1. The standard InChI is InChI=1S/C18H23N/c1-15(18(19)17-13-6-3-7-14-17)9-8-12-16-10-4-2-5-11-16/h2-7,10-11,13-15,18H,8-9,12,19H2,1H3. The van der Waals surface area contributed by atoms with Gasteiger partial charge in [-0.1, -0.05) is 67.6 Å². The number of rotatable bonds is 6. The highest BCUT2D eigenvalue weighted by atomic mass is 14.6. The Kier molecular flexibility index (Phi) is 5.17. The third-order valence-electron chi connectivity index (χ3n) is 3.77. The Hall–Kier alpha value is -1.60. The van der Waals surface area contributed by atoms with E-state index in [2.05, 4.69) is 61.5 Å². The Labute approximate surface area is 116 Å². The second-order valence-electron chi connectivity index (χ2n) is 5.29. The Morgan fingerprint density at radius 2 is 1.47 bits per heavy atom. The van der Waals surface area contributed by atoms with Crippen LogP contribution in [-0.2, 0) is 6.42 Å². The molecule has 0 saturated heterocycles. The van der Waals surface area contributed by atoms with Crippen LogP contribution >= 0.6 is 0 Å². The van der Waals surface area contributed by atoms with E-state index >= 15 is 0 Å². The van der Waals surface area contributed by atoms with Gasteiger partial charge in [-0.15, -0.1) is 0 Å². The lowest BCUT2D eigenvalue weighted by atomic mass is 9.90. The predicted octanol–water partition coefficient (Wildman–Crippen LogP) is 4.35. The molecule has 0 aliphatic heterocycles. The molecule has 0 aromatic heterocycles. The van der Waals surface area contributed by atoms with E-state index in [0.717, 1.165) is 6.42 Å². The first-order chi connectivity index (χ1) is 9.27. The van der Waals surface area contributed by atoms with Crippen LogP contribution in [0.4, 0.5) is 0 Å². The summed E-state index contributed by atoms with van der Waals surface area (Å²) in [6.07, 6.45) is 3.52. The third-order valence-corrected chi connectivity index (χ3v) is 3.77. The van der Waals surface area contributed by atoms with Gasteiger partial charge in [0, 0.05) is 6.04 Å². The van der Waals surface area contributed by atoms with Crippen molar-refractivity contribution in [1.82, 2.24) is 0 Å². The number of benzene rings is 2. The van der Waals surface area contributed by atoms with E-state index in [1.165, 1.54) is 24.0 Å². The molecule has 2 N–H and O–H groups in total. The summed E-state index contributed by atoms with van der Waals surface area (Å²) >= 11 is 0. The molecule has 100 valence electrons. The zero-order chi connectivity index (χ0) is 13.5. The fourth-order valence-corrected chi connectivity index (χ4v) is 2.46. The lowest BCUT2D eigenvalue weighted by molar-refractivity contribution is 0.425. The molecule has 1 nitrogen and oxygen atoms in total. The molecule has 0 aliphatic carbocycles. The van der Waals surface area contributed by atoms with Crippen LogP contribution in [0.1, 0.15) is 36.9 Å². The van der Waals surface area contributed by atoms with Crippen molar-refractivity contribution in [3.8, 4) is 0 Å². The molecule has 0 radical (unpaired) electrons. The Balaban J connectivity index is 1.80. The molecule has 19 heavy (non-hydrogen) atoms. The average molecular weight is 253 g/mol. The molecule has 0 spiro atoms. The van der Waals surface area contributed by atoms with Crippen molar-refractivity contribution in [2.75, 3.05) is 0 Å². The van der Waals surface area contributed by atoms with Crippen LogP contribution in [0.3, 0.4) is 0 Å². The lowest BCUT2D eigenvalue weighted by Gasteiger charge is -2.20. The Morgan fingerprint density at radius 3 is 2.11 bits per heavy atom. The maximum atomic E-state index is 6.32. The Bertz CT molecular complexity index is 464. The zero-order valence-electron chi connectivity index (χ0n) is 11.6. The van der Waals surface area contributed by atoms with Crippen LogP contribution in [-0.4, -0.2) is 0 Å². The quantitative estimate of drug-likeness (QED) is 0.814. The first-order valence-corrected chi connectivity index (χ1v) is 7.12. The summed E-state index contributed by atoms with van der Waals surface area (Å²) in [6, 6.07) is 21.2. The van der Waals surface area contributed by atoms with E-state index in [-0.39, 0.29) is 6.04 Å². The summed E-state index contributed by atoms with van der Waals surface area (Å²) < 4.78 is 0. The van der Waals surface area contributed by atoms with Gasteiger partial charge in [-0.3, -0.25) is 0 Å². The summed E-state index contributed by atoms with van der Waals surface area (Å²) in [5, 5.41) is 0. The van der Waals surface area contributed by atoms with Crippen LogP contribution in [0.15, 0.2) is 60.7 Å². The fourth-order valence-electron chi connectivity index (χ4n) is 2.46. The molecule has 0 amide bonds. The number of hydrogen-bond acceptors (Lipinski definition) is 1. The molecular weight excluding hydrogens is 230 g/mol. The summed E-state index contributed by atoms with van der Waals surface area (Å²) in [4.78, 5) is 0. The molecule has 0 bridgehead atoms. The molecule has 2 aromatic rings. The van der Waals surface area contributed by atoms with Gasteiger partial charge in [0.2, 0.25) is 0 Å². The van der Waals surface area contributed by atoms with Crippen molar-refractivity contribution in [3.05, 3.63) is 71.8 Å². The molecule has 0 aliphatic rings. The summed E-state index contributed by atoms with van der Waals surface area (Å²) in [5.41, 5.74) is 8.98. The van der Waals surface area contributed by atoms with Gasteiger partial charge in [0.15, 0.2) is 0 Å². The minimum Gasteiger partial charge on any atom is -0.324 e. The molecule has 1 heteroatoms. The normalized spacial score (nSPS) is 14.0. The van der Waals surface area contributed by atoms with E-state index in [1.54, 1.807) is 0 Å². The molecule has 0 fully saturated rings. The molecule has 2 aromatic carbocycles. The highest BCUT2D eigenvalue weighted by molar-refractivity contribution is 5.19. The zero-order valence-corrected chi connectivity index (χ0v) is 11.6. The van der Waals surface area contributed by atoms with Gasteiger partial charge in [-0.05, 0) is 36.3 Å². The minimum atomic E-state index is 0.150. The lowest BCUT2D eigenvalue weighted by Crippen LogP contribution is -2.19. The fraction of sp³-hybridized carbons (Fsp3) is 0.333. The van der Waals surface area contributed by atoms with E-state index in [9.17, 15) is 0 Å². The number of hydrogen-bond donors (Lipinski definition) is 1.